The molecule has 1 aliphatic rings. The zero-order valence-electron chi connectivity index (χ0n) is 16.6. The number of carbonyl (C=O) groups excluding carboxylic acids is 2. The van der Waals surface area contributed by atoms with Crippen LogP contribution in [0.15, 0.2) is 67.1 Å². The molecule has 4 N–H and O–H groups in total. The predicted molar refractivity (Wildman–Crippen MR) is 117 cm³/mol. The number of nitrogens with zero attached hydrogens (tertiary/aromatic N) is 1. The lowest BCUT2D eigenvalue weighted by Crippen LogP contribution is -2.30. The molecule has 2 amide bonds. The van der Waals surface area contributed by atoms with E-state index in [2.05, 4.69) is 21.4 Å². The van der Waals surface area contributed by atoms with E-state index in [1.165, 1.54) is 5.39 Å². The summed E-state index contributed by atoms with van der Waals surface area (Å²) in [6.45, 7) is 0.339. The maximum absolute atomic E-state index is 11.9. The highest BCUT2D eigenvalue weighted by Crippen LogP contribution is 2.27. The Kier molecular flexibility index (Phi) is 4.72. The Morgan fingerprint density at radius 3 is 2.71 bits per heavy atom. The second-order valence-electron chi connectivity index (χ2n) is 7.59. The molecule has 1 atom stereocenters. The summed E-state index contributed by atoms with van der Waals surface area (Å²) < 4.78 is 5.89. The van der Waals surface area contributed by atoms with E-state index in [9.17, 15) is 9.59 Å². The predicted octanol–water partition coefficient (Wildman–Crippen LogP) is 3.06. The van der Waals surface area contributed by atoms with E-state index in [0.717, 1.165) is 22.2 Å². The third-order valence-corrected chi connectivity index (χ3v) is 5.40. The van der Waals surface area contributed by atoms with E-state index < -0.39 is 0 Å². The van der Waals surface area contributed by atoms with Crippen LogP contribution < -0.4 is 15.8 Å². The zero-order chi connectivity index (χ0) is 21.4. The van der Waals surface area contributed by atoms with Crippen molar-refractivity contribution in [3.05, 3.63) is 83.8 Å². The third-order valence-electron chi connectivity index (χ3n) is 5.40. The van der Waals surface area contributed by atoms with Crippen LogP contribution in [0.25, 0.3) is 22.0 Å². The van der Waals surface area contributed by atoms with Gasteiger partial charge in [0, 0.05) is 34.9 Å². The first-order valence-corrected chi connectivity index (χ1v) is 9.97. The van der Waals surface area contributed by atoms with Crippen LogP contribution in [0.3, 0.4) is 0 Å². The maximum Gasteiger partial charge on any atom is 0.258 e. The number of ether oxygens (including phenoxy) is 1. The van der Waals surface area contributed by atoms with E-state index in [4.69, 9.17) is 10.5 Å². The fourth-order valence-corrected chi connectivity index (χ4v) is 3.85. The zero-order valence-corrected chi connectivity index (χ0v) is 16.6. The summed E-state index contributed by atoms with van der Waals surface area (Å²) in [5.74, 6) is -0.163. The molecule has 2 aromatic carbocycles. The van der Waals surface area contributed by atoms with Crippen molar-refractivity contribution < 1.29 is 14.3 Å². The Labute approximate surface area is 178 Å². The van der Waals surface area contributed by atoms with Crippen LogP contribution >= 0.6 is 0 Å². The van der Waals surface area contributed by atoms with Gasteiger partial charge in [-0.05, 0) is 41.8 Å². The molecule has 7 nitrogen and oxygen atoms in total. The van der Waals surface area contributed by atoms with Crippen LogP contribution in [0.1, 0.15) is 26.3 Å². The van der Waals surface area contributed by atoms with Gasteiger partial charge >= 0.3 is 0 Å². The molecule has 0 spiro atoms. The van der Waals surface area contributed by atoms with E-state index in [-0.39, 0.29) is 17.9 Å². The number of amides is 2. The summed E-state index contributed by atoms with van der Waals surface area (Å²) >= 11 is 0. The maximum atomic E-state index is 11.9. The van der Waals surface area contributed by atoms with Gasteiger partial charge in [-0.1, -0.05) is 24.3 Å². The Morgan fingerprint density at radius 2 is 1.81 bits per heavy atom. The largest absolute Gasteiger partial charge is 0.490 e. The second-order valence-corrected chi connectivity index (χ2v) is 7.59. The minimum absolute atomic E-state index is 0.183. The standard InChI is InChI=1S/C24H20N4O3/c25-17(7-16-11-27-22-4-2-1-3-19(16)22)13-31-18-8-15(10-26-12-18)14-5-6-20-21(9-14)24(30)28-23(20)29/h1-6,8-12,17,27H,7,13,25H2,(H,28,29,30)/t17-/m0/s1. The first kappa shape index (κ1) is 19.0. The number of fused-ring (bicyclic) bond motifs is 2. The molecular formula is C24H20N4O3. The number of H-pyrrole nitrogens is 1. The molecule has 5 rings (SSSR count). The number of nitrogens with two attached hydrogens (primary N) is 1. The number of nitrogens with one attached hydrogen (secondary N) is 2. The number of imide groups is 1. The molecular weight excluding hydrogens is 392 g/mol. The molecule has 0 unspecified atom stereocenters. The Bertz CT molecular complexity index is 1310. The van der Waals surface area contributed by atoms with E-state index in [1.54, 1.807) is 30.6 Å². The number of para-hydroxylation sites is 1. The number of benzene rings is 2. The van der Waals surface area contributed by atoms with Crippen LogP contribution in [0.5, 0.6) is 5.75 Å². The van der Waals surface area contributed by atoms with Crippen LogP contribution in [0, 0.1) is 0 Å². The number of aromatic nitrogens is 2. The van der Waals surface area contributed by atoms with Crippen molar-refractivity contribution in [2.75, 3.05) is 6.61 Å². The lowest BCUT2D eigenvalue weighted by molar-refractivity contribution is 0.0879. The highest BCUT2D eigenvalue weighted by Gasteiger charge is 2.26. The highest BCUT2D eigenvalue weighted by atomic mass is 16.5. The fourth-order valence-electron chi connectivity index (χ4n) is 3.85. The van der Waals surface area contributed by atoms with Gasteiger partial charge in [0.25, 0.3) is 11.8 Å². The van der Waals surface area contributed by atoms with Gasteiger partial charge in [0.1, 0.15) is 12.4 Å². The molecule has 0 saturated heterocycles. The van der Waals surface area contributed by atoms with Crippen molar-refractivity contribution in [2.24, 2.45) is 5.73 Å². The summed E-state index contributed by atoms with van der Waals surface area (Å²) in [5, 5.41) is 3.47. The van der Waals surface area contributed by atoms with Gasteiger partial charge in [-0.25, -0.2) is 0 Å². The third kappa shape index (κ3) is 3.67. The minimum atomic E-state index is -0.384. The van der Waals surface area contributed by atoms with Crippen molar-refractivity contribution in [1.82, 2.24) is 15.3 Å². The van der Waals surface area contributed by atoms with Gasteiger partial charge in [-0.2, -0.15) is 0 Å². The average Bonchev–Trinajstić information content (AvgIpc) is 3.32. The van der Waals surface area contributed by atoms with Gasteiger partial charge in [0.2, 0.25) is 0 Å². The number of aromatic amines is 1. The van der Waals surface area contributed by atoms with Gasteiger partial charge < -0.3 is 15.5 Å². The van der Waals surface area contributed by atoms with Crippen molar-refractivity contribution >= 4 is 22.7 Å². The molecule has 0 bridgehead atoms. The Hall–Kier alpha value is -3.97. The van der Waals surface area contributed by atoms with Crippen LogP contribution in [-0.4, -0.2) is 34.4 Å². The van der Waals surface area contributed by atoms with E-state index in [0.29, 0.717) is 29.9 Å². The van der Waals surface area contributed by atoms with Crippen molar-refractivity contribution in [1.29, 1.82) is 0 Å². The number of rotatable bonds is 6. The average molecular weight is 412 g/mol. The SMILES string of the molecule is N[C@H](COc1cncc(-c2ccc3c(c2)C(=O)NC3=O)c1)Cc1c[nH]c2ccccc12. The lowest BCUT2D eigenvalue weighted by atomic mass is 10.0. The van der Waals surface area contributed by atoms with E-state index in [1.807, 2.05) is 30.5 Å². The van der Waals surface area contributed by atoms with Gasteiger partial charge in [0.15, 0.2) is 0 Å². The van der Waals surface area contributed by atoms with Crippen LogP contribution in [-0.2, 0) is 6.42 Å². The first-order chi connectivity index (χ1) is 15.1. The summed E-state index contributed by atoms with van der Waals surface area (Å²) in [5.41, 5.74) is 10.9. The summed E-state index contributed by atoms with van der Waals surface area (Å²) in [6.07, 6.45) is 5.99. The van der Waals surface area contributed by atoms with Gasteiger partial charge in [-0.3, -0.25) is 19.9 Å². The normalized spacial score (nSPS) is 13.8. The molecule has 7 heteroatoms. The molecule has 0 radical (unpaired) electrons. The van der Waals surface area contributed by atoms with Crippen molar-refractivity contribution in [3.63, 3.8) is 0 Å². The van der Waals surface area contributed by atoms with Crippen molar-refractivity contribution in [3.8, 4) is 16.9 Å². The molecule has 3 heterocycles. The molecule has 154 valence electrons. The number of hydrogen-bond donors (Lipinski definition) is 3. The quantitative estimate of drug-likeness (QED) is 0.422. The number of hydrogen-bond acceptors (Lipinski definition) is 5. The highest BCUT2D eigenvalue weighted by molar-refractivity contribution is 6.21. The molecule has 0 aliphatic carbocycles. The molecule has 0 saturated carbocycles. The smallest absolute Gasteiger partial charge is 0.258 e. The molecule has 31 heavy (non-hydrogen) atoms. The number of carbonyl (C=O) groups is 2. The molecule has 2 aromatic heterocycles. The Morgan fingerprint density at radius 1 is 0.968 bits per heavy atom. The summed E-state index contributed by atoms with van der Waals surface area (Å²) in [4.78, 5) is 31.2. The van der Waals surface area contributed by atoms with Crippen LogP contribution in [0.2, 0.25) is 0 Å². The fraction of sp³-hybridized carbons (Fsp3) is 0.125. The number of pyridine rings is 1. The monoisotopic (exact) mass is 412 g/mol. The summed E-state index contributed by atoms with van der Waals surface area (Å²) in [6, 6.07) is 14.9. The van der Waals surface area contributed by atoms with E-state index >= 15 is 0 Å². The van der Waals surface area contributed by atoms with Gasteiger partial charge in [0.05, 0.1) is 17.3 Å². The first-order valence-electron chi connectivity index (χ1n) is 9.97. The molecule has 4 aromatic rings. The Balaban J connectivity index is 1.28. The molecule has 0 fully saturated rings. The van der Waals surface area contributed by atoms with Gasteiger partial charge in [-0.15, -0.1) is 0 Å². The lowest BCUT2D eigenvalue weighted by Gasteiger charge is -2.13. The summed E-state index contributed by atoms with van der Waals surface area (Å²) in [7, 11) is 0. The minimum Gasteiger partial charge on any atom is -0.490 e. The molecule has 1 aliphatic heterocycles. The van der Waals surface area contributed by atoms with Crippen molar-refractivity contribution in [2.45, 2.75) is 12.5 Å². The second kappa shape index (κ2) is 7.70. The van der Waals surface area contributed by atoms with Crippen LogP contribution in [0.4, 0.5) is 0 Å². The topological polar surface area (TPSA) is 110 Å².